The van der Waals surface area contributed by atoms with Gasteiger partial charge in [0.05, 0.1) is 6.61 Å². The Hall–Kier alpha value is -1.85. The molecule has 3 heterocycles. The summed E-state index contributed by atoms with van der Waals surface area (Å²) in [7, 11) is 2.11. The van der Waals surface area contributed by atoms with Gasteiger partial charge in [-0.1, -0.05) is 12.1 Å². The molecule has 24 heavy (non-hydrogen) atoms. The minimum Gasteiger partial charge on any atom is -0.451 e. The number of piperidine rings is 1. The van der Waals surface area contributed by atoms with E-state index >= 15 is 0 Å². The van der Waals surface area contributed by atoms with Gasteiger partial charge in [-0.15, -0.1) is 0 Å². The van der Waals surface area contributed by atoms with Gasteiger partial charge in [0, 0.05) is 43.4 Å². The number of carbonyl (C=O) groups is 1. The molecule has 1 amide bonds. The van der Waals surface area contributed by atoms with Crippen molar-refractivity contribution in [3.05, 3.63) is 35.1 Å². The summed E-state index contributed by atoms with van der Waals surface area (Å²) < 4.78 is 12.0. The summed E-state index contributed by atoms with van der Waals surface area (Å²) in [5.74, 6) is 0.419. The second-order valence-electron chi connectivity index (χ2n) is 7.11. The van der Waals surface area contributed by atoms with Crippen LogP contribution in [-0.4, -0.2) is 54.7 Å². The number of likely N-dealkylation sites (tertiary alicyclic amines) is 1. The van der Waals surface area contributed by atoms with Crippen molar-refractivity contribution in [2.24, 2.45) is 0 Å². The average Bonchev–Trinajstić information content (AvgIpc) is 3.12. The van der Waals surface area contributed by atoms with Crippen molar-refractivity contribution in [1.82, 2.24) is 9.80 Å². The number of ether oxygens (including phenoxy) is 1. The fourth-order valence-corrected chi connectivity index (χ4v) is 3.94. The highest BCUT2D eigenvalue weighted by Gasteiger charge is 2.47. The van der Waals surface area contributed by atoms with E-state index < -0.39 is 5.72 Å². The van der Waals surface area contributed by atoms with Crippen LogP contribution >= 0.6 is 0 Å². The van der Waals surface area contributed by atoms with Crippen molar-refractivity contribution >= 4 is 16.9 Å². The highest BCUT2D eigenvalue weighted by atomic mass is 16.5. The standard InChI is InChI=1S/C19H24N2O3/c1-13-4-5-15-14(2)17(24-16(15)12-13)18(22)21-10-11-23-19(21)6-8-20(3)9-7-19/h4-5,12H,6-11H2,1-3H3. The Bertz CT molecular complexity index is 787. The highest BCUT2D eigenvalue weighted by molar-refractivity contribution is 5.99. The van der Waals surface area contributed by atoms with Crippen LogP contribution in [0.5, 0.6) is 0 Å². The molecule has 1 aromatic carbocycles. The van der Waals surface area contributed by atoms with Crippen LogP contribution in [0.25, 0.3) is 11.0 Å². The second-order valence-corrected chi connectivity index (χ2v) is 7.11. The molecule has 0 unspecified atom stereocenters. The maximum Gasteiger partial charge on any atom is 0.292 e. The van der Waals surface area contributed by atoms with Crippen molar-refractivity contribution in [3.8, 4) is 0 Å². The SMILES string of the molecule is Cc1ccc2c(C)c(C(=O)N3CCOC34CCN(C)CC4)oc2c1. The molecule has 2 fully saturated rings. The van der Waals surface area contributed by atoms with Gasteiger partial charge < -0.3 is 19.0 Å². The fourth-order valence-electron chi connectivity index (χ4n) is 3.94. The van der Waals surface area contributed by atoms with Crippen LogP contribution in [0, 0.1) is 13.8 Å². The molecule has 0 saturated carbocycles. The molecule has 2 aromatic rings. The first-order valence-electron chi connectivity index (χ1n) is 8.64. The lowest BCUT2D eigenvalue weighted by Crippen LogP contribution is -2.54. The first-order chi connectivity index (χ1) is 11.5. The smallest absolute Gasteiger partial charge is 0.292 e. The number of fused-ring (bicyclic) bond motifs is 1. The van der Waals surface area contributed by atoms with Crippen molar-refractivity contribution in [2.75, 3.05) is 33.3 Å². The van der Waals surface area contributed by atoms with E-state index in [-0.39, 0.29) is 5.91 Å². The van der Waals surface area contributed by atoms with E-state index in [0.717, 1.165) is 48.0 Å². The molecule has 0 aliphatic carbocycles. The van der Waals surface area contributed by atoms with Gasteiger partial charge in [-0.05, 0) is 32.5 Å². The molecule has 5 heteroatoms. The predicted octanol–water partition coefficient (Wildman–Crippen LogP) is 2.94. The summed E-state index contributed by atoms with van der Waals surface area (Å²) in [6.07, 6.45) is 1.71. The Kier molecular flexibility index (Phi) is 3.66. The summed E-state index contributed by atoms with van der Waals surface area (Å²) in [5, 5.41) is 1.02. The lowest BCUT2D eigenvalue weighted by molar-refractivity contribution is -0.103. The van der Waals surface area contributed by atoms with Gasteiger partial charge in [0.15, 0.2) is 5.76 Å². The molecule has 5 nitrogen and oxygen atoms in total. The predicted molar refractivity (Wildman–Crippen MR) is 92.1 cm³/mol. The Morgan fingerprint density at radius 1 is 1.17 bits per heavy atom. The van der Waals surface area contributed by atoms with Gasteiger partial charge in [-0.25, -0.2) is 0 Å². The minimum atomic E-state index is -0.453. The van der Waals surface area contributed by atoms with Gasteiger partial charge >= 0.3 is 0 Å². The third-order valence-electron chi connectivity index (χ3n) is 5.48. The van der Waals surface area contributed by atoms with Crippen LogP contribution in [0.2, 0.25) is 0 Å². The molecule has 128 valence electrons. The third-order valence-corrected chi connectivity index (χ3v) is 5.48. The van der Waals surface area contributed by atoms with E-state index in [9.17, 15) is 4.79 Å². The Morgan fingerprint density at radius 2 is 1.92 bits per heavy atom. The minimum absolute atomic E-state index is 0.0385. The van der Waals surface area contributed by atoms with Gasteiger partial charge in [-0.2, -0.15) is 0 Å². The average molecular weight is 328 g/mol. The lowest BCUT2D eigenvalue weighted by Gasteiger charge is -2.42. The largest absolute Gasteiger partial charge is 0.451 e. The molecule has 2 aliphatic rings. The van der Waals surface area contributed by atoms with Crippen molar-refractivity contribution < 1.29 is 13.9 Å². The zero-order valence-electron chi connectivity index (χ0n) is 14.6. The first-order valence-corrected chi connectivity index (χ1v) is 8.64. The van der Waals surface area contributed by atoms with Gasteiger partial charge in [0.2, 0.25) is 0 Å². The van der Waals surface area contributed by atoms with Gasteiger partial charge in [0.25, 0.3) is 5.91 Å². The molecule has 1 aromatic heterocycles. The monoisotopic (exact) mass is 328 g/mol. The van der Waals surface area contributed by atoms with Crippen LogP contribution in [0.15, 0.2) is 22.6 Å². The zero-order chi connectivity index (χ0) is 16.9. The summed E-state index contributed by atoms with van der Waals surface area (Å²) in [5.41, 5.74) is 2.38. The maximum absolute atomic E-state index is 13.2. The number of hydrogen-bond acceptors (Lipinski definition) is 4. The molecule has 4 rings (SSSR count). The molecular weight excluding hydrogens is 304 g/mol. The number of carbonyl (C=O) groups excluding carboxylic acids is 1. The van der Waals surface area contributed by atoms with E-state index in [1.807, 2.05) is 30.9 Å². The molecule has 1 spiro atoms. The van der Waals surface area contributed by atoms with E-state index in [1.165, 1.54) is 0 Å². The molecule has 0 N–H and O–H groups in total. The number of benzene rings is 1. The molecule has 2 aliphatic heterocycles. The summed E-state index contributed by atoms with van der Waals surface area (Å²) in [6.45, 7) is 7.13. The molecule has 2 saturated heterocycles. The summed E-state index contributed by atoms with van der Waals surface area (Å²) >= 11 is 0. The number of rotatable bonds is 1. The van der Waals surface area contributed by atoms with Gasteiger partial charge in [0.1, 0.15) is 11.3 Å². The van der Waals surface area contributed by atoms with Crippen molar-refractivity contribution in [2.45, 2.75) is 32.4 Å². The quantitative estimate of drug-likeness (QED) is 0.807. The second kappa shape index (κ2) is 5.60. The highest BCUT2D eigenvalue weighted by Crippen LogP contribution is 2.36. The van der Waals surface area contributed by atoms with Crippen molar-refractivity contribution in [1.29, 1.82) is 0 Å². The Balaban J connectivity index is 1.69. The first kappa shape index (κ1) is 15.7. The Labute approximate surface area is 142 Å². The van der Waals surface area contributed by atoms with Crippen LogP contribution in [0.3, 0.4) is 0 Å². The maximum atomic E-state index is 13.2. The number of hydrogen-bond donors (Lipinski definition) is 0. The topological polar surface area (TPSA) is 45.9 Å². The van der Waals surface area contributed by atoms with Crippen LogP contribution in [-0.2, 0) is 4.74 Å². The lowest BCUT2D eigenvalue weighted by atomic mass is 9.98. The zero-order valence-corrected chi connectivity index (χ0v) is 14.6. The van der Waals surface area contributed by atoms with Crippen LogP contribution in [0.1, 0.15) is 34.5 Å². The molecule has 0 radical (unpaired) electrons. The van der Waals surface area contributed by atoms with Crippen LogP contribution in [0.4, 0.5) is 0 Å². The number of aryl methyl sites for hydroxylation is 2. The molecule has 0 atom stereocenters. The van der Waals surface area contributed by atoms with E-state index in [4.69, 9.17) is 9.15 Å². The van der Waals surface area contributed by atoms with E-state index in [1.54, 1.807) is 0 Å². The normalized spacial score (nSPS) is 21.0. The van der Waals surface area contributed by atoms with Crippen LogP contribution < -0.4 is 0 Å². The fraction of sp³-hybridized carbons (Fsp3) is 0.526. The number of amides is 1. The summed E-state index contributed by atoms with van der Waals surface area (Å²) in [4.78, 5) is 17.4. The Morgan fingerprint density at radius 3 is 2.67 bits per heavy atom. The number of nitrogens with zero attached hydrogens (tertiary/aromatic N) is 2. The van der Waals surface area contributed by atoms with E-state index in [2.05, 4.69) is 18.0 Å². The third kappa shape index (κ3) is 2.34. The summed E-state index contributed by atoms with van der Waals surface area (Å²) in [6, 6.07) is 6.08. The van der Waals surface area contributed by atoms with E-state index in [0.29, 0.717) is 18.9 Å². The van der Waals surface area contributed by atoms with Crippen molar-refractivity contribution in [3.63, 3.8) is 0 Å². The number of furan rings is 1. The molecule has 0 bridgehead atoms. The van der Waals surface area contributed by atoms with Gasteiger partial charge in [-0.3, -0.25) is 4.79 Å². The molecular formula is C19H24N2O3.